The summed E-state index contributed by atoms with van der Waals surface area (Å²) in [5, 5.41) is 9.42. The molecule has 0 heterocycles. The minimum absolute atomic E-state index is 0.104. The zero-order chi connectivity index (χ0) is 13.2. The Morgan fingerprint density at radius 1 is 1.33 bits per heavy atom. The topological polar surface area (TPSA) is 55.8 Å². The number of para-hydroxylation sites is 1. The van der Waals surface area contributed by atoms with Crippen molar-refractivity contribution in [2.24, 2.45) is 0 Å². The SMILES string of the molecule is C/C=C/C=C/C(=O)OC(O)COc1ccccc1. The molecule has 1 aromatic carbocycles. The number of rotatable bonds is 6. The van der Waals surface area contributed by atoms with E-state index in [1.165, 1.54) is 12.2 Å². The number of hydrogen-bond acceptors (Lipinski definition) is 4. The van der Waals surface area contributed by atoms with Gasteiger partial charge in [0, 0.05) is 6.08 Å². The third-order valence-electron chi connectivity index (χ3n) is 1.92. The fraction of sp³-hybridized carbons (Fsp3) is 0.214. The second kappa shape index (κ2) is 8.08. The van der Waals surface area contributed by atoms with Gasteiger partial charge in [0.1, 0.15) is 5.75 Å². The van der Waals surface area contributed by atoms with Crippen molar-refractivity contribution in [1.82, 2.24) is 0 Å². The maximum atomic E-state index is 11.2. The van der Waals surface area contributed by atoms with Gasteiger partial charge in [-0.3, -0.25) is 0 Å². The first-order valence-corrected chi connectivity index (χ1v) is 5.58. The number of allylic oxidation sites excluding steroid dienone is 3. The van der Waals surface area contributed by atoms with Crippen molar-refractivity contribution in [3.63, 3.8) is 0 Å². The van der Waals surface area contributed by atoms with E-state index in [1.54, 1.807) is 24.3 Å². The smallest absolute Gasteiger partial charge is 0.333 e. The van der Waals surface area contributed by atoms with E-state index in [1.807, 2.05) is 25.1 Å². The number of ether oxygens (including phenoxy) is 2. The molecule has 1 unspecified atom stereocenters. The van der Waals surface area contributed by atoms with Crippen LogP contribution in [0.5, 0.6) is 5.75 Å². The molecule has 0 amide bonds. The first kappa shape index (κ1) is 14.0. The highest BCUT2D eigenvalue weighted by atomic mass is 16.7. The summed E-state index contributed by atoms with van der Waals surface area (Å²) in [5.41, 5.74) is 0. The van der Waals surface area contributed by atoms with Gasteiger partial charge in [0.15, 0.2) is 6.61 Å². The quantitative estimate of drug-likeness (QED) is 0.362. The van der Waals surface area contributed by atoms with Gasteiger partial charge in [-0.25, -0.2) is 4.79 Å². The highest BCUT2D eigenvalue weighted by Gasteiger charge is 2.09. The summed E-state index contributed by atoms with van der Waals surface area (Å²) in [7, 11) is 0. The van der Waals surface area contributed by atoms with Crippen LogP contribution in [0.15, 0.2) is 54.6 Å². The monoisotopic (exact) mass is 248 g/mol. The van der Waals surface area contributed by atoms with Crippen LogP contribution < -0.4 is 4.74 Å². The lowest BCUT2D eigenvalue weighted by molar-refractivity contribution is -0.166. The van der Waals surface area contributed by atoms with Crippen LogP contribution in [-0.4, -0.2) is 24.0 Å². The van der Waals surface area contributed by atoms with Crippen LogP contribution in [0, 0.1) is 0 Å². The van der Waals surface area contributed by atoms with Crippen LogP contribution >= 0.6 is 0 Å². The Balaban J connectivity index is 2.29. The van der Waals surface area contributed by atoms with Crippen molar-refractivity contribution < 1.29 is 19.4 Å². The van der Waals surface area contributed by atoms with Gasteiger partial charge in [-0.15, -0.1) is 0 Å². The molecule has 1 rings (SSSR count). The Hall–Kier alpha value is -2.07. The predicted molar refractivity (Wildman–Crippen MR) is 68.0 cm³/mol. The Kier molecular flexibility index (Phi) is 6.28. The number of carbonyl (C=O) groups excluding carboxylic acids is 1. The molecular weight excluding hydrogens is 232 g/mol. The van der Waals surface area contributed by atoms with Crippen molar-refractivity contribution in [3.8, 4) is 5.75 Å². The average Bonchev–Trinajstić information content (AvgIpc) is 2.38. The maximum absolute atomic E-state index is 11.2. The first-order chi connectivity index (χ1) is 8.72. The van der Waals surface area contributed by atoms with E-state index in [9.17, 15) is 9.90 Å². The molecule has 0 aromatic heterocycles. The van der Waals surface area contributed by atoms with E-state index in [0.717, 1.165) is 0 Å². The van der Waals surface area contributed by atoms with Crippen molar-refractivity contribution in [1.29, 1.82) is 0 Å². The van der Waals surface area contributed by atoms with Gasteiger partial charge in [0.25, 0.3) is 0 Å². The highest BCUT2D eigenvalue weighted by molar-refractivity contribution is 5.82. The molecule has 0 saturated carbocycles. The van der Waals surface area contributed by atoms with Crippen molar-refractivity contribution in [3.05, 3.63) is 54.6 Å². The fourth-order valence-corrected chi connectivity index (χ4v) is 1.14. The molecule has 1 atom stereocenters. The summed E-state index contributed by atoms with van der Waals surface area (Å²) in [4.78, 5) is 11.2. The molecule has 0 aliphatic carbocycles. The molecule has 0 bridgehead atoms. The Labute approximate surface area is 106 Å². The zero-order valence-electron chi connectivity index (χ0n) is 10.2. The molecule has 0 radical (unpaired) electrons. The summed E-state index contributed by atoms with van der Waals surface area (Å²) in [6, 6.07) is 8.98. The molecule has 1 aromatic rings. The maximum Gasteiger partial charge on any atom is 0.333 e. The summed E-state index contributed by atoms with van der Waals surface area (Å²) in [6.07, 6.45) is 4.94. The molecule has 0 aliphatic heterocycles. The van der Waals surface area contributed by atoms with Gasteiger partial charge in [-0.1, -0.05) is 36.4 Å². The van der Waals surface area contributed by atoms with E-state index in [0.29, 0.717) is 5.75 Å². The van der Waals surface area contributed by atoms with Crippen molar-refractivity contribution in [2.45, 2.75) is 13.2 Å². The van der Waals surface area contributed by atoms with E-state index in [2.05, 4.69) is 4.74 Å². The van der Waals surface area contributed by atoms with Crippen LogP contribution in [0.2, 0.25) is 0 Å². The number of esters is 1. The molecular formula is C14H16O4. The van der Waals surface area contributed by atoms with Crippen LogP contribution in [0.4, 0.5) is 0 Å². The first-order valence-electron chi connectivity index (χ1n) is 5.58. The highest BCUT2D eigenvalue weighted by Crippen LogP contribution is 2.08. The van der Waals surface area contributed by atoms with Crippen LogP contribution in [0.25, 0.3) is 0 Å². The largest absolute Gasteiger partial charge is 0.487 e. The van der Waals surface area contributed by atoms with Crippen molar-refractivity contribution >= 4 is 5.97 Å². The number of carbonyl (C=O) groups is 1. The van der Waals surface area contributed by atoms with Crippen LogP contribution in [-0.2, 0) is 9.53 Å². The summed E-state index contributed by atoms with van der Waals surface area (Å²) >= 11 is 0. The zero-order valence-corrected chi connectivity index (χ0v) is 10.2. The fourth-order valence-electron chi connectivity index (χ4n) is 1.14. The second-order valence-corrected chi connectivity index (χ2v) is 3.40. The minimum atomic E-state index is -1.28. The molecule has 0 saturated heterocycles. The Morgan fingerprint density at radius 2 is 2.06 bits per heavy atom. The van der Waals surface area contributed by atoms with E-state index in [-0.39, 0.29) is 6.61 Å². The second-order valence-electron chi connectivity index (χ2n) is 3.40. The normalized spacial score (nSPS) is 12.8. The molecule has 96 valence electrons. The van der Waals surface area contributed by atoms with Crippen LogP contribution in [0.3, 0.4) is 0 Å². The van der Waals surface area contributed by atoms with Gasteiger partial charge < -0.3 is 14.6 Å². The average molecular weight is 248 g/mol. The van der Waals surface area contributed by atoms with Gasteiger partial charge >= 0.3 is 5.97 Å². The van der Waals surface area contributed by atoms with E-state index >= 15 is 0 Å². The summed E-state index contributed by atoms with van der Waals surface area (Å²) < 4.78 is 9.92. The Morgan fingerprint density at radius 3 is 2.72 bits per heavy atom. The minimum Gasteiger partial charge on any atom is -0.487 e. The lowest BCUT2D eigenvalue weighted by Gasteiger charge is -2.11. The molecule has 0 aliphatic rings. The standard InChI is InChI=1S/C14H16O4/c1-2-3-5-10-13(15)18-14(16)11-17-12-8-6-4-7-9-12/h2-10,14,16H,11H2,1H3/b3-2+,10-5+. The Bertz CT molecular complexity index is 409. The van der Waals surface area contributed by atoms with Gasteiger partial charge in [-0.05, 0) is 19.1 Å². The number of benzene rings is 1. The number of hydrogen-bond donors (Lipinski definition) is 1. The predicted octanol–water partition coefficient (Wildman–Crippen LogP) is 2.06. The van der Waals surface area contributed by atoms with Crippen molar-refractivity contribution in [2.75, 3.05) is 6.61 Å². The molecule has 0 fully saturated rings. The van der Waals surface area contributed by atoms with Gasteiger partial charge in [0.05, 0.1) is 0 Å². The lowest BCUT2D eigenvalue weighted by atomic mass is 10.3. The third kappa shape index (κ3) is 5.86. The summed E-state index contributed by atoms with van der Waals surface area (Å²) in [6.45, 7) is 1.73. The molecule has 4 nitrogen and oxygen atoms in total. The van der Waals surface area contributed by atoms with Gasteiger partial charge in [-0.2, -0.15) is 0 Å². The third-order valence-corrected chi connectivity index (χ3v) is 1.92. The number of aliphatic hydroxyl groups is 1. The van der Waals surface area contributed by atoms with E-state index in [4.69, 9.17) is 4.74 Å². The molecule has 0 spiro atoms. The molecule has 18 heavy (non-hydrogen) atoms. The summed E-state index contributed by atoms with van der Waals surface area (Å²) in [5.74, 6) is -0.00526. The van der Waals surface area contributed by atoms with Crippen LogP contribution in [0.1, 0.15) is 6.92 Å². The van der Waals surface area contributed by atoms with E-state index < -0.39 is 12.3 Å². The lowest BCUT2D eigenvalue weighted by Crippen LogP contribution is -2.23. The van der Waals surface area contributed by atoms with Gasteiger partial charge in [0.2, 0.25) is 6.29 Å². The molecule has 4 heteroatoms. The number of aliphatic hydroxyl groups excluding tert-OH is 1. The molecule has 1 N–H and O–H groups in total.